The minimum Gasteiger partial charge on any atom is -0.399 e. The number of aliphatic imine (C=N–C) groups is 1. The fraction of sp³-hybridized carbons (Fsp3) is 0.222. The van der Waals surface area contributed by atoms with Crippen molar-refractivity contribution in [2.24, 2.45) is 10.7 Å². The van der Waals surface area contributed by atoms with Crippen molar-refractivity contribution in [1.29, 1.82) is 0 Å². The highest BCUT2D eigenvalue weighted by Gasteiger charge is 2.39. The molecule has 0 radical (unpaired) electrons. The van der Waals surface area contributed by atoms with Gasteiger partial charge in [-0.05, 0) is 6.08 Å². The molecule has 0 aliphatic carbocycles. The Hall–Kier alpha value is -1.76. The number of alkyl halides is 3. The summed E-state index contributed by atoms with van der Waals surface area (Å²) >= 11 is 0. The van der Waals surface area contributed by atoms with Crippen LogP contribution in [0.3, 0.4) is 0 Å². The van der Waals surface area contributed by atoms with Crippen molar-refractivity contribution in [3.05, 3.63) is 36.6 Å². The topological polar surface area (TPSA) is 62.4 Å². The predicted octanol–water partition coefficient (Wildman–Crippen LogP) is 0.966. The number of hydrogen-bond donors (Lipinski definition) is 3. The molecule has 0 saturated heterocycles. The lowest BCUT2D eigenvalue weighted by Crippen LogP contribution is -2.42. The molecule has 0 aromatic rings. The molecule has 1 atom stereocenters. The number of nitrogens with zero attached hydrogens (tertiary/aromatic N) is 1. The summed E-state index contributed by atoms with van der Waals surface area (Å²) in [5, 5.41) is 0. The van der Waals surface area contributed by atoms with Gasteiger partial charge in [-0.1, -0.05) is 24.8 Å². The van der Waals surface area contributed by atoms with E-state index in [-0.39, 0.29) is 5.70 Å². The number of halogens is 3. The standard InChI is InChI=1S/C9H11F3N4/c1-2-3-4-5-6(13)7-14-8(16-15-7)9(10,11)12/h2-5,7,15H,1,13H2,(H,14,16)/b4-3-,6-5-. The summed E-state index contributed by atoms with van der Waals surface area (Å²) in [5.74, 6) is -1.08. The van der Waals surface area contributed by atoms with Gasteiger partial charge >= 0.3 is 6.18 Å². The zero-order valence-corrected chi connectivity index (χ0v) is 8.25. The molecule has 1 rings (SSSR count). The smallest absolute Gasteiger partial charge is 0.399 e. The molecule has 0 aromatic heterocycles. The van der Waals surface area contributed by atoms with E-state index in [4.69, 9.17) is 5.73 Å². The first-order valence-corrected chi connectivity index (χ1v) is 4.36. The summed E-state index contributed by atoms with van der Waals surface area (Å²) < 4.78 is 36.5. The quantitative estimate of drug-likeness (QED) is 0.635. The van der Waals surface area contributed by atoms with E-state index in [1.54, 1.807) is 12.2 Å². The van der Waals surface area contributed by atoms with E-state index in [0.29, 0.717) is 0 Å². The molecule has 1 aliphatic heterocycles. The predicted molar refractivity (Wildman–Crippen MR) is 55.2 cm³/mol. The summed E-state index contributed by atoms with van der Waals surface area (Å²) in [5.41, 5.74) is 9.94. The zero-order chi connectivity index (χ0) is 12.2. The van der Waals surface area contributed by atoms with Crippen molar-refractivity contribution in [2.75, 3.05) is 0 Å². The summed E-state index contributed by atoms with van der Waals surface area (Å²) in [6, 6.07) is 0. The van der Waals surface area contributed by atoms with Gasteiger partial charge in [-0.2, -0.15) is 13.2 Å². The molecule has 16 heavy (non-hydrogen) atoms. The fourth-order valence-corrected chi connectivity index (χ4v) is 0.969. The van der Waals surface area contributed by atoms with Crippen LogP contribution in [-0.4, -0.2) is 18.2 Å². The Morgan fingerprint density at radius 1 is 1.44 bits per heavy atom. The lowest BCUT2D eigenvalue weighted by molar-refractivity contribution is -0.0614. The van der Waals surface area contributed by atoms with Crippen LogP contribution in [0.2, 0.25) is 0 Å². The molecule has 0 saturated carbocycles. The van der Waals surface area contributed by atoms with Crippen LogP contribution < -0.4 is 16.6 Å². The van der Waals surface area contributed by atoms with Crippen LogP contribution in [0.15, 0.2) is 41.6 Å². The van der Waals surface area contributed by atoms with Gasteiger partial charge in [0.25, 0.3) is 0 Å². The third-order valence-electron chi connectivity index (χ3n) is 1.71. The van der Waals surface area contributed by atoms with Crippen LogP contribution >= 0.6 is 0 Å². The van der Waals surface area contributed by atoms with Crippen molar-refractivity contribution >= 4 is 5.84 Å². The van der Waals surface area contributed by atoms with E-state index < -0.39 is 18.2 Å². The van der Waals surface area contributed by atoms with Gasteiger partial charge in [0.15, 0.2) is 6.17 Å². The highest BCUT2D eigenvalue weighted by atomic mass is 19.4. The maximum Gasteiger partial charge on any atom is 0.450 e. The van der Waals surface area contributed by atoms with E-state index in [9.17, 15) is 13.2 Å². The summed E-state index contributed by atoms with van der Waals surface area (Å²) in [6.45, 7) is 3.44. The molecule has 0 fully saturated rings. The highest BCUT2D eigenvalue weighted by Crippen LogP contribution is 2.18. The highest BCUT2D eigenvalue weighted by molar-refractivity contribution is 5.88. The summed E-state index contributed by atoms with van der Waals surface area (Å²) in [7, 11) is 0. The van der Waals surface area contributed by atoms with Crippen LogP contribution in [0, 0.1) is 0 Å². The van der Waals surface area contributed by atoms with E-state index in [1.165, 1.54) is 12.2 Å². The van der Waals surface area contributed by atoms with Gasteiger partial charge in [-0.15, -0.1) is 0 Å². The van der Waals surface area contributed by atoms with E-state index in [0.717, 1.165) is 0 Å². The average Bonchev–Trinajstić information content (AvgIpc) is 2.66. The van der Waals surface area contributed by atoms with Crippen molar-refractivity contribution in [3.8, 4) is 0 Å². The van der Waals surface area contributed by atoms with E-state index >= 15 is 0 Å². The maximum absolute atomic E-state index is 12.2. The maximum atomic E-state index is 12.2. The fourth-order valence-electron chi connectivity index (χ4n) is 0.969. The number of nitrogens with two attached hydrogens (primary N) is 1. The second-order valence-corrected chi connectivity index (χ2v) is 2.93. The Kier molecular flexibility index (Phi) is 3.73. The molecule has 4 nitrogen and oxygen atoms in total. The number of amidine groups is 1. The Bertz CT molecular complexity index is 354. The Morgan fingerprint density at radius 2 is 2.12 bits per heavy atom. The van der Waals surface area contributed by atoms with Crippen LogP contribution in [-0.2, 0) is 0 Å². The van der Waals surface area contributed by atoms with Crippen molar-refractivity contribution in [1.82, 2.24) is 10.9 Å². The molecule has 1 heterocycles. The summed E-state index contributed by atoms with van der Waals surface area (Å²) in [4.78, 5) is 3.35. The van der Waals surface area contributed by atoms with Crippen LogP contribution in [0.5, 0.6) is 0 Å². The number of hydrazine groups is 1. The molecule has 1 aliphatic rings. The normalized spacial score (nSPS) is 22.1. The molecule has 1 unspecified atom stereocenters. The van der Waals surface area contributed by atoms with Gasteiger partial charge in [0.2, 0.25) is 5.84 Å². The van der Waals surface area contributed by atoms with E-state index in [1.807, 2.05) is 5.43 Å². The minimum absolute atomic E-state index is 0.171. The second-order valence-electron chi connectivity index (χ2n) is 2.93. The first kappa shape index (κ1) is 12.3. The molecule has 0 aromatic carbocycles. The van der Waals surface area contributed by atoms with Gasteiger partial charge in [-0.25, -0.2) is 10.4 Å². The Balaban J connectivity index is 2.71. The second kappa shape index (κ2) is 4.84. The molecule has 4 N–H and O–H groups in total. The third kappa shape index (κ3) is 3.13. The molecule has 0 amide bonds. The Morgan fingerprint density at radius 3 is 2.62 bits per heavy atom. The average molecular weight is 232 g/mol. The molecular formula is C9H11F3N4. The van der Waals surface area contributed by atoms with Gasteiger partial charge in [0.1, 0.15) is 0 Å². The summed E-state index contributed by atoms with van der Waals surface area (Å²) in [6.07, 6.45) is 0.720. The minimum atomic E-state index is -4.50. The van der Waals surface area contributed by atoms with Crippen LogP contribution in [0.4, 0.5) is 13.2 Å². The number of nitrogens with one attached hydrogen (secondary N) is 2. The molecule has 7 heteroatoms. The number of allylic oxidation sites excluding steroid dienone is 4. The zero-order valence-electron chi connectivity index (χ0n) is 8.25. The number of hydrogen-bond acceptors (Lipinski definition) is 4. The SMILES string of the molecule is C=C/C=C\C=C(/N)C1N=C(C(F)(F)F)NN1. The third-order valence-corrected chi connectivity index (χ3v) is 1.71. The van der Waals surface area contributed by atoms with Crippen molar-refractivity contribution < 1.29 is 13.2 Å². The van der Waals surface area contributed by atoms with Crippen LogP contribution in [0.1, 0.15) is 0 Å². The largest absolute Gasteiger partial charge is 0.450 e. The van der Waals surface area contributed by atoms with Gasteiger partial charge < -0.3 is 5.73 Å². The van der Waals surface area contributed by atoms with Gasteiger partial charge in [0, 0.05) is 5.70 Å². The lowest BCUT2D eigenvalue weighted by Gasteiger charge is -2.06. The monoisotopic (exact) mass is 232 g/mol. The van der Waals surface area contributed by atoms with E-state index in [2.05, 4.69) is 17.0 Å². The Labute approximate surface area is 90.4 Å². The van der Waals surface area contributed by atoms with Crippen LogP contribution in [0.25, 0.3) is 0 Å². The molecule has 88 valence electrons. The lowest BCUT2D eigenvalue weighted by atomic mass is 10.3. The molecule has 0 bridgehead atoms. The first-order chi connectivity index (χ1) is 7.45. The van der Waals surface area contributed by atoms with Crippen molar-refractivity contribution in [2.45, 2.75) is 12.3 Å². The number of rotatable bonds is 3. The van der Waals surface area contributed by atoms with Gasteiger partial charge in [-0.3, -0.25) is 5.43 Å². The van der Waals surface area contributed by atoms with Gasteiger partial charge in [0.05, 0.1) is 0 Å². The van der Waals surface area contributed by atoms with Crippen molar-refractivity contribution in [3.63, 3.8) is 0 Å². The molecular weight excluding hydrogens is 221 g/mol. The first-order valence-electron chi connectivity index (χ1n) is 4.36. The molecule has 0 spiro atoms.